The first-order chi connectivity index (χ1) is 5.24. The number of nitrogens with zero attached hydrogens (tertiary/aromatic N) is 2. The van der Waals surface area contributed by atoms with Crippen LogP contribution in [0.3, 0.4) is 0 Å². The molecule has 0 amide bonds. The van der Waals surface area contributed by atoms with E-state index >= 15 is 0 Å². The van der Waals surface area contributed by atoms with Crippen molar-refractivity contribution in [2.24, 2.45) is 0 Å². The van der Waals surface area contributed by atoms with E-state index in [0.29, 0.717) is 11.3 Å². The number of hydrogen-bond acceptors (Lipinski definition) is 3. The van der Waals surface area contributed by atoms with Crippen molar-refractivity contribution in [2.45, 2.75) is 6.92 Å². The highest BCUT2D eigenvalue weighted by Gasteiger charge is 1.98. The van der Waals surface area contributed by atoms with E-state index in [-0.39, 0.29) is 5.78 Å². The maximum Gasteiger partial charge on any atom is 0.161 e. The number of hydrogen-bond donors (Lipinski definition) is 0. The first kappa shape index (κ1) is 7.42. The molecular weight excluding hydrogens is 140 g/mol. The van der Waals surface area contributed by atoms with Gasteiger partial charge < -0.3 is 0 Å². The Morgan fingerprint density at radius 2 is 2.36 bits per heavy atom. The summed E-state index contributed by atoms with van der Waals surface area (Å²) in [6, 6.07) is 4.99. The molecule has 54 valence electrons. The molecule has 0 aliphatic heterocycles. The minimum absolute atomic E-state index is 0.0398. The molecular formula is C8H6N2O. The van der Waals surface area contributed by atoms with Crippen molar-refractivity contribution in [3.63, 3.8) is 0 Å². The first-order valence-electron chi connectivity index (χ1n) is 3.11. The van der Waals surface area contributed by atoms with Crippen molar-refractivity contribution in [3.8, 4) is 6.07 Å². The average Bonchev–Trinajstić information content (AvgIpc) is 2.05. The summed E-state index contributed by atoms with van der Waals surface area (Å²) >= 11 is 0. The van der Waals surface area contributed by atoms with Gasteiger partial charge in [-0.3, -0.25) is 4.79 Å². The van der Waals surface area contributed by atoms with Gasteiger partial charge in [0.25, 0.3) is 0 Å². The maximum absolute atomic E-state index is 10.7. The zero-order valence-corrected chi connectivity index (χ0v) is 6.03. The third kappa shape index (κ3) is 1.62. The number of nitriles is 1. The van der Waals surface area contributed by atoms with E-state index in [9.17, 15) is 4.79 Å². The fourth-order valence-electron chi connectivity index (χ4n) is 0.668. The molecule has 0 aliphatic rings. The Balaban J connectivity index is 3.03. The van der Waals surface area contributed by atoms with Gasteiger partial charge in [-0.05, 0) is 19.1 Å². The summed E-state index contributed by atoms with van der Waals surface area (Å²) in [5.74, 6) is -0.0398. The molecule has 1 aromatic rings. The summed E-state index contributed by atoms with van der Waals surface area (Å²) < 4.78 is 0. The maximum atomic E-state index is 10.7. The van der Waals surface area contributed by atoms with Crippen LogP contribution in [0.1, 0.15) is 23.0 Å². The number of rotatable bonds is 1. The van der Waals surface area contributed by atoms with Crippen molar-refractivity contribution in [3.05, 3.63) is 29.6 Å². The van der Waals surface area contributed by atoms with Gasteiger partial charge in [-0.25, -0.2) is 4.98 Å². The molecule has 1 rings (SSSR count). The van der Waals surface area contributed by atoms with Gasteiger partial charge in [-0.2, -0.15) is 5.26 Å². The molecule has 0 saturated carbocycles. The fraction of sp³-hybridized carbons (Fsp3) is 0.125. The summed E-state index contributed by atoms with van der Waals surface area (Å²) in [4.78, 5) is 14.5. The molecule has 1 aromatic heterocycles. The second-order valence-corrected chi connectivity index (χ2v) is 2.10. The van der Waals surface area contributed by atoms with E-state index in [2.05, 4.69) is 4.98 Å². The van der Waals surface area contributed by atoms with E-state index in [1.807, 2.05) is 6.07 Å². The standard InChI is InChI=1S/C8H6N2O/c1-6(11)7-2-3-8(4-9)10-5-7/h2-3,5H,1H3. The van der Waals surface area contributed by atoms with Crippen LogP contribution in [0.25, 0.3) is 0 Å². The molecule has 0 bridgehead atoms. The van der Waals surface area contributed by atoms with Gasteiger partial charge in [-0.15, -0.1) is 0 Å². The van der Waals surface area contributed by atoms with Gasteiger partial charge in [0, 0.05) is 11.8 Å². The summed E-state index contributed by atoms with van der Waals surface area (Å²) in [6.07, 6.45) is 1.40. The molecule has 0 N–H and O–H groups in total. The van der Waals surface area contributed by atoms with Crippen molar-refractivity contribution < 1.29 is 4.79 Å². The Morgan fingerprint density at radius 1 is 1.64 bits per heavy atom. The van der Waals surface area contributed by atoms with E-state index in [0.717, 1.165) is 0 Å². The molecule has 0 unspecified atom stereocenters. The molecule has 0 saturated heterocycles. The van der Waals surface area contributed by atoms with E-state index in [4.69, 9.17) is 5.26 Å². The molecule has 0 radical (unpaired) electrons. The molecule has 11 heavy (non-hydrogen) atoms. The first-order valence-corrected chi connectivity index (χ1v) is 3.11. The Bertz CT molecular complexity index is 308. The van der Waals surface area contributed by atoms with Crippen LogP contribution in [0.4, 0.5) is 0 Å². The highest BCUT2D eigenvalue weighted by molar-refractivity contribution is 5.93. The Kier molecular flexibility index (Phi) is 1.98. The quantitative estimate of drug-likeness (QED) is 0.558. The SMILES string of the molecule is CC(=O)c1ccc(C#N)nc1. The molecule has 3 heteroatoms. The number of carbonyl (C=O) groups excluding carboxylic acids is 1. The lowest BCUT2D eigenvalue weighted by atomic mass is 10.2. The van der Waals surface area contributed by atoms with Crippen LogP contribution in [0, 0.1) is 11.3 Å². The Labute approximate surface area is 64.3 Å². The van der Waals surface area contributed by atoms with Crippen LogP contribution in [0.15, 0.2) is 18.3 Å². The highest BCUT2D eigenvalue weighted by Crippen LogP contribution is 1.99. The summed E-state index contributed by atoms with van der Waals surface area (Å²) in [7, 11) is 0. The lowest BCUT2D eigenvalue weighted by Gasteiger charge is -1.91. The number of pyridine rings is 1. The van der Waals surface area contributed by atoms with Crippen molar-refractivity contribution in [1.29, 1.82) is 5.26 Å². The smallest absolute Gasteiger partial charge is 0.161 e. The number of carbonyl (C=O) groups is 1. The molecule has 0 aromatic carbocycles. The predicted octanol–water partition coefficient (Wildman–Crippen LogP) is 1.16. The molecule has 3 nitrogen and oxygen atoms in total. The van der Waals surface area contributed by atoms with Crippen LogP contribution in [0.5, 0.6) is 0 Å². The van der Waals surface area contributed by atoms with Gasteiger partial charge in [-0.1, -0.05) is 0 Å². The molecule has 0 aliphatic carbocycles. The Hall–Kier alpha value is -1.69. The summed E-state index contributed by atoms with van der Waals surface area (Å²) in [5, 5.41) is 8.37. The second kappa shape index (κ2) is 2.93. The minimum Gasteiger partial charge on any atom is -0.294 e. The van der Waals surface area contributed by atoms with Gasteiger partial charge in [0.1, 0.15) is 11.8 Å². The van der Waals surface area contributed by atoms with Crippen LogP contribution in [0.2, 0.25) is 0 Å². The average molecular weight is 146 g/mol. The fourth-order valence-corrected chi connectivity index (χ4v) is 0.668. The summed E-state index contributed by atoms with van der Waals surface area (Å²) in [6.45, 7) is 1.46. The monoisotopic (exact) mass is 146 g/mol. The minimum atomic E-state index is -0.0398. The van der Waals surface area contributed by atoms with Gasteiger partial charge in [0.15, 0.2) is 5.78 Å². The van der Waals surface area contributed by atoms with Crippen molar-refractivity contribution in [1.82, 2.24) is 4.98 Å². The highest BCUT2D eigenvalue weighted by atomic mass is 16.1. The lowest BCUT2D eigenvalue weighted by molar-refractivity contribution is 0.101. The van der Waals surface area contributed by atoms with Crippen LogP contribution >= 0.6 is 0 Å². The Morgan fingerprint density at radius 3 is 2.73 bits per heavy atom. The van der Waals surface area contributed by atoms with Crippen molar-refractivity contribution >= 4 is 5.78 Å². The topological polar surface area (TPSA) is 53.8 Å². The van der Waals surface area contributed by atoms with E-state index < -0.39 is 0 Å². The second-order valence-electron chi connectivity index (χ2n) is 2.10. The van der Waals surface area contributed by atoms with E-state index in [1.54, 1.807) is 6.07 Å². The van der Waals surface area contributed by atoms with Crippen LogP contribution in [-0.4, -0.2) is 10.8 Å². The third-order valence-corrected chi connectivity index (χ3v) is 1.28. The molecule has 0 spiro atoms. The molecule has 0 atom stereocenters. The molecule has 0 fully saturated rings. The molecule has 1 heterocycles. The number of ketones is 1. The van der Waals surface area contributed by atoms with Crippen LogP contribution < -0.4 is 0 Å². The zero-order chi connectivity index (χ0) is 8.27. The third-order valence-electron chi connectivity index (χ3n) is 1.28. The zero-order valence-electron chi connectivity index (χ0n) is 6.03. The van der Waals surface area contributed by atoms with Gasteiger partial charge in [0.05, 0.1) is 0 Å². The number of aromatic nitrogens is 1. The normalized spacial score (nSPS) is 8.73. The van der Waals surface area contributed by atoms with Gasteiger partial charge in [0.2, 0.25) is 0 Å². The summed E-state index contributed by atoms with van der Waals surface area (Å²) in [5.41, 5.74) is 0.860. The lowest BCUT2D eigenvalue weighted by Crippen LogP contribution is -1.93. The van der Waals surface area contributed by atoms with Crippen molar-refractivity contribution in [2.75, 3.05) is 0 Å². The van der Waals surface area contributed by atoms with E-state index in [1.165, 1.54) is 19.2 Å². The van der Waals surface area contributed by atoms with Gasteiger partial charge >= 0.3 is 0 Å². The number of Topliss-reactive ketones (excluding diaryl/α,β-unsaturated/α-hetero) is 1. The predicted molar refractivity (Wildman–Crippen MR) is 39.0 cm³/mol. The largest absolute Gasteiger partial charge is 0.294 e. The van der Waals surface area contributed by atoms with Crippen LogP contribution in [-0.2, 0) is 0 Å².